The molecule has 1 aromatic carbocycles. The summed E-state index contributed by atoms with van der Waals surface area (Å²) in [5.74, 6) is -0.0621. The molecule has 68 valence electrons. The molecular formula is C9H8BrNO2. The maximum absolute atomic E-state index is 10.8. The molecule has 0 radical (unpaired) electrons. The summed E-state index contributed by atoms with van der Waals surface area (Å²) in [6.07, 6.45) is -0.277. The zero-order valence-electron chi connectivity index (χ0n) is 6.79. The van der Waals surface area contributed by atoms with Gasteiger partial charge in [0.2, 0.25) is 5.91 Å². The minimum Gasteiger partial charge on any atom is -0.344 e. The van der Waals surface area contributed by atoms with E-state index in [0.717, 1.165) is 10.0 Å². The summed E-state index contributed by atoms with van der Waals surface area (Å²) in [5.41, 5.74) is 0.967. The van der Waals surface area contributed by atoms with Gasteiger partial charge in [0.25, 0.3) is 0 Å². The third-order valence-electron chi connectivity index (χ3n) is 1.85. The Hall–Kier alpha value is -0.870. The molecule has 13 heavy (non-hydrogen) atoms. The van der Waals surface area contributed by atoms with Crippen molar-refractivity contribution in [3.8, 4) is 0 Å². The molecule has 1 N–H and O–H groups in total. The monoisotopic (exact) mass is 241 g/mol. The Morgan fingerprint density at radius 3 is 2.62 bits per heavy atom. The molecule has 1 fully saturated rings. The lowest BCUT2D eigenvalue weighted by Crippen LogP contribution is -2.19. The van der Waals surface area contributed by atoms with Gasteiger partial charge in [-0.1, -0.05) is 28.1 Å². The van der Waals surface area contributed by atoms with Crippen LogP contribution in [0.5, 0.6) is 0 Å². The number of ether oxygens (including phenoxy) is 1. The van der Waals surface area contributed by atoms with E-state index in [1.807, 2.05) is 24.3 Å². The number of carbonyl (C=O) groups excluding carboxylic acids is 1. The van der Waals surface area contributed by atoms with Crippen molar-refractivity contribution >= 4 is 21.8 Å². The van der Waals surface area contributed by atoms with Crippen molar-refractivity contribution in [2.45, 2.75) is 6.23 Å². The molecule has 1 aliphatic rings. The lowest BCUT2D eigenvalue weighted by molar-refractivity contribution is -0.119. The summed E-state index contributed by atoms with van der Waals surface area (Å²) >= 11 is 3.34. The molecule has 1 saturated heterocycles. The van der Waals surface area contributed by atoms with Crippen LogP contribution >= 0.6 is 15.9 Å². The van der Waals surface area contributed by atoms with Gasteiger partial charge in [0.15, 0.2) is 6.23 Å². The van der Waals surface area contributed by atoms with Gasteiger partial charge in [-0.05, 0) is 12.1 Å². The topological polar surface area (TPSA) is 38.3 Å². The van der Waals surface area contributed by atoms with E-state index in [-0.39, 0.29) is 18.7 Å². The molecule has 1 atom stereocenters. The number of benzene rings is 1. The van der Waals surface area contributed by atoms with Crippen molar-refractivity contribution in [1.82, 2.24) is 5.32 Å². The average molecular weight is 242 g/mol. The van der Waals surface area contributed by atoms with Crippen LogP contribution in [0.15, 0.2) is 28.7 Å². The number of hydrogen-bond donors (Lipinski definition) is 1. The zero-order chi connectivity index (χ0) is 9.26. The van der Waals surface area contributed by atoms with Gasteiger partial charge in [0.05, 0.1) is 0 Å². The van der Waals surface area contributed by atoms with Crippen LogP contribution in [0.25, 0.3) is 0 Å². The molecule has 0 spiro atoms. The van der Waals surface area contributed by atoms with Gasteiger partial charge in [-0.3, -0.25) is 4.79 Å². The Kier molecular flexibility index (Phi) is 2.33. The fourth-order valence-electron chi connectivity index (χ4n) is 1.21. The number of amides is 1. The Morgan fingerprint density at radius 2 is 2.08 bits per heavy atom. The number of halogens is 1. The number of rotatable bonds is 1. The van der Waals surface area contributed by atoms with Gasteiger partial charge in [-0.15, -0.1) is 0 Å². The van der Waals surface area contributed by atoms with E-state index in [0.29, 0.717) is 0 Å². The molecule has 1 heterocycles. The van der Waals surface area contributed by atoms with Crippen LogP contribution in [0, 0.1) is 0 Å². The van der Waals surface area contributed by atoms with Crippen molar-refractivity contribution in [2.75, 3.05) is 6.61 Å². The molecule has 0 aliphatic carbocycles. The summed E-state index contributed by atoms with van der Waals surface area (Å²) in [5, 5.41) is 2.71. The Morgan fingerprint density at radius 1 is 1.38 bits per heavy atom. The molecule has 0 bridgehead atoms. The molecule has 1 unspecified atom stereocenters. The van der Waals surface area contributed by atoms with E-state index in [2.05, 4.69) is 21.2 Å². The van der Waals surface area contributed by atoms with Crippen LogP contribution in [-0.4, -0.2) is 12.5 Å². The Labute approximate surface area is 84.2 Å². The Bertz CT molecular complexity index is 323. The van der Waals surface area contributed by atoms with E-state index in [9.17, 15) is 4.79 Å². The van der Waals surface area contributed by atoms with Crippen molar-refractivity contribution < 1.29 is 9.53 Å². The van der Waals surface area contributed by atoms with Crippen molar-refractivity contribution in [3.63, 3.8) is 0 Å². The molecule has 0 saturated carbocycles. The number of nitrogens with one attached hydrogen (secondary N) is 1. The van der Waals surface area contributed by atoms with Gasteiger partial charge in [-0.2, -0.15) is 0 Å². The van der Waals surface area contributed by atoms with Crippen LogP contribution in [0.3, 0.4) is 0 Å². The second-order valence-electron chi connectivity index (χ2n) is 2.81. The van der Waals surface area contributed by atoms with E-state index < -0.39 is 0 Å². The normalized spacial score (nSPS) is 21.6. The summed E-state index contributed by atoms with van der Waals surface area (Å²) in [4.78, 5) is 10.8. The van der Waals surface area contributed by atoms with Crippen LogP contribution in [0.1, 0.15) is 11.8 Å². The first-order valence-corrected chi connectivity index (χ1v) is 4.71. The first-order valence-electron chi connectivity index (χ1n) is 3.92. The van der Waals surface area contributed by atoms with Crippen LogP contribution in [0.4, 0.5) is 0 Å². The van der Waals surface area contributed by atoms with Crippen LogP contribution in [0.2, 0.25) is 0 Å². The van der Waals surface area contributed by atoms with Crippen LogP contribution in [-0.2, 0) is 9.53 Å². The van der Waals surface area contributed by atoms with Gasteiger partial charge in [0.1, 0.15) is 6.61 Å². The predicted molar refractivity (Wildman–Crippen MR) is 51.0 cm³/mol. The first kappa shape index (κ1) is 8.72. The highest BCUT2D eigenvalue weighted by Crippen LogP contribution is 2.20. The SMILES string of the molecule is O=C1COC(c2ccc(Br)cc2)N1. The molecular weight excluding hydrogens is 234 g/mol. The maximum Gasteiger partial charge on any atom is 0.248 e. The molecule has 4 heteroatoms. The smallest absolute Gasteiger partial charge is 0.248 e. The molecule has 0 aromatic heterocycles. The van der Waals surface area contributed by atoms with Crippen molar-refractivity contribution in [3.05, 3.63) is 34.3 Å². The van der Waals surface area contributed by atoms with E-state index in [1.165, 1.54) is 0 Å². The molecule has 1 amide bonds. The highest BCUT2D eigenvalue weighted by molar-refractivity contribution is 9.10. The minimum atomic E-state index is -0.277. The van der Waals surface area contributed by atoms with E-state index >= 15 is 0 Å². The summed E-state index contributed by atoms with van der Waals surface area (Å²) < 4.78 is 6.23. The number of hydrogen-bond acceptors (Lipinski definition) is 2. The summed E-state index contributed by atoms with van der Waals surface area (Å²) in [6.45, 7) is 0.154. The van der Waals surface area contributed by atoms with E-state index in [1.54, 1.807) is 0 Å². The largest absolute Gasteiger partial charge is 0.344 e. The summed E-state index contributed by atoms with van der Waals surface area (Å²) in [6, 6.07) is 7.67. The lowest BCUT2D eigenvalue weighted by Gasteiger charge is -2.08. The number of carbonyl (C=O) groups is 1. The highest BCUT2D eigenvalue weighted by Gasteiger charge is 2.22. The van der Waals surface area contributed by atoms with Gasteiger partial charge in [-0.25, -0.2) is 0 Å². The van der Waals surface area contributed by atoms with E-state index in [4.69, 9.17) is 4.74 Å². The first-order chi connectivity index (χ1) is 6.25. The van der Waals surface area contributed by atoms with Crippen molar-refractivity contribution in [1.29, 1.82) is 0 Å². The highest BCUT2D eigenvalue weighted by atomic mass is 79.9. The van der Waals surface area contributed by atoms with Crippen molar-refractivity contribution in [2.24, 2.45) is 0 Å². The quantitative estimate of drug-likeness (QED) is 0.812. The third-order valence-corrected chi connectivity index (χ3v) is 2.37. The predicted octanol–water partition coefficient (Wildman–Crippen LogP) is 1.59. The summed E-state index contributed by atoms with van der Waals surface area (Å²) in [7, 11) is 0. The molecule has 2 rings (SSSR count). The molecule has 1 aromatic rings. The lowest BCUT2D eigenvalue weighted by atomic mass is 10.2. The molecule has 1 aliphatic heterocycles. The second kappa shape index (κ2) is 3.47. The average Bonchev–Trinajstić information content (AvgIpc) is 2.53. The zero-order valence-corrected chi connectivity index (χ0v) is 8.37. The van der Waals surface area contributed by atoms with Crippen LogP contribution < -0.4 is 5.32 Å². The minimum absolute atomic E-state index is 0.0621. The molecule has 3 nitrogen and oxygen atoms in total. The maximum atomic E-state index is 10.8. The fourth-order valence-corrected chi connectivity index (χ4v) is 1.47. The third kappa shape index (κ3) is 1.89. The fraction of sp³-hybridized carbons (Fsp3) is 0.222. The van der Waals surface area contributed by atoms with Gasteiger partial charge in [0, 0.05) is 10.0 Å². The Balaban J connectivity index is 2.17. The van der Waals surface area contributed by atoms with Gasteiger partial charge >= 0.3 is 0 Å². The second-order valence-corrected chi connectivity index (χ2v) is 3.73. The van der Waals surface area contributed by atoms with Gasteiger partial charge < -0.3 is 10.1 Å². The standard InChI is InChI=1S/C9H8BrNO2/c10-7-3-1-6(2-4-7)9-11-8(12)5-13-9/h1-4,9H,5H2,(H,11,12).